The zero-order valence-electron chi connectivity index (χ0n) is 17.4. The van der Waals surface area contributed by atoms with Crippen LogP contribution in [0.1, 0.15) is 53.5 Å². The fourth-order valence-electron chi connectivity index (χ4n) is 2.02. The summed E-state index contributed by atoms with van der Waals surface area (Å²) in [7, 11) is 0. The number of hydrogen-bond donors (Lipinski definition) is 1. The number of hydrogen-bond acceptors (Lipinski definition) is 5. The molecule has 1 aromatic rings. The molecular formula is C21H30INO5. The van der Waals surface area contributed by atoms with E-state index in [1.807, 2.05) is 52.9 Å². The molecule has 0 bridgehead atoms. The van der Waals surface area contributed by atoms with E-state index in [1.165, 1.54) is 0 Å². The normalized spacial score (nSPS) is 12.8. The van der Waals surface area contributed by atoms with Crippen LogP contribution in [0.15, 0.2) is 39.6 Å². The minimum absolute atomic E-state index is 0.0769. The molecule has 0 aromatic heterocycles. The molecule has 0 saturated carbocycles. The fraction of sp³-hybridized carbons (Fsp3) is 0.524. The van der Waals surface area contributed by atoms with Gasteiger partial charge < -0.3 is 14.2 Å². The highest BCUT2D eigenvalue weighted by atomic mass is 127. The van der Waals surface area contributed by atoms with E-state index in [4.69, 9.17) is 14.2 Å². The third-order valence-corrected chi connectivity index (χ3v) is 4.16. The Hall–Kier alpha value is -1.61. The van der Waals surface area contributed by atoms with Gasteiger partial charge in [-0.25, -0.2) is 9.59 Å². The maximum atomic E-state index is 12.6. The van der Waals surface area contributed by atoms with E-state index in [0.29, 0.717) is 23.2 Å². The van der Waals surface area contributed by atoms with Crippen molar-refractivity contribution in [3.63, 3.8) is 0 Å². The topological polar surface area (TPSA) is 73.9 Å². The molecule has 0 aliphatic rings. The first-order valence-electron chi connectivity index (χ1n) is 9.11. The highest BCUT2D eigenvalue weighted by Gasteiger charge is 2.26. The number of rotatable bonds is 7. The highest BCUT2D eigenvalue weighted by molar-refractivity contribution is 14.1. The first kappa shape index (κ1) is 24.4. The van der Waals surface area contributed by atoms with Crippen LogP contribution < -0.4 is 5.32 Å². The van der Waals surface area contributed by atoms with Crippen molar-refractivity contribution in [2.24, 2.45) is 0 Å². The van der Waals surface area contributed by atoms with Gasteiger partial charge >= 0.3 is 12.1 Å². The Bertz CT molecular complexity index is 687. The van der Waals surface area contributed by atoms with Crippen LogP contribution in [-0.2, 0) is 25.6 Å². The van der Waals surface area contributed by atoms with Crippen LogP contribution in [0.3, 0.4) is 0 Å². The predicted molar refractivity (Wildman–Crippen MR) is 117 cm³/mol. The molecule has 1 amide bonds. The molecule has 0 heterocycles. The second kappa shape index (κ2) is 10.8. The van der Waals surface area contributed by atoms with E-state index in [0.717, 1.165) is 5.56 Å². The molecular weight excluding hydrogens is 473 g/mol. The Kier molecular flexibility index (Phi) is 9.43. The Balaban J connectivity index is 2.78. The fourth-order valence-corrected chi connectivity index (χ4v) is 2.59. The Morgan fingerprint density at radius 3 is 2.07 bits per heavy atom. The Morgan fingerprint density at radius 2 is 1.54 bits per heavy atom. The predicted octanol–water partition coefficient (Wildman–Crippen LogP) is 5.11. The smallest absolute Gasteiger partial charge is 0.412 e. The average molecular weight is 503 g/mol. The Morgan fingerprint density at radius 1 is 0.964 bits per heavy atom. The summed E-state index contributed by atoms with van der Waals surface area (Å²) in [5.41, 5.74) is -0.208. The van der Waals surface area contributed by atoms with Crippen molar-refractivity contribution in [1.29, 1.82) is 0 Å². The van der Waals surface area contributed by atoms with Gasteiger partial charge in [-0.1, -0.05) is 30.3 Å². The molecule has 0 spiro atoms. The molecule has 0 saturated heterocycles. The molecule has 0 unspecified atom stereocenters. The molecule has 7 heteroatoms. The number of nitrogens with one attached hydrogen (secondary N) is 1. The number of halogens is 1. The van der Waals surface area contributed by atoms with Crippen molar-refractivity contribution < 1.29 is 23.8 Å². The first-order chi connectivity index (χ1) is 12.9. The molecule has 0 fully saturated rings. The molecule has 156 valence electrons. The molecule has 0 atom stereocenters. The van der Waals surface area contributed by atoms with Crippen molar-refractivity contribution in [2.45, 2.75) is 65.8 Å². The van der Waals surface area contributed by atoms with Crippen molar-refractivity contribution in [1.82, 2.24) is 5.32 Å². The van der Waals surface area contributed by atoms with Crippen LogP contribution in [0, 0.1) is 0 Å². The monoisotopic (exact) mass is 503 g/mol. The van der Waals surface area contributed by atoms with Crippen molar-refractivity contribution in [3.8, 4) is 0 Å². The van der Waals surface area contributed by atoms with Crippen LogP contribution in [0.5, 0.6) is 0 Å². The average Bonchev–Trinajstić information content (AvgIpc) is 2.54. The molecule has 1 rings (SSSR count). The lowest BCUT2D eigenvalue weighted by molar-refractivity contribution is -0.150. The molecule has 6 nitrogen and oxygen atoms in total. The molecule has 0 aliphatic carbocycles. The van der Waals surface area contributed by atoms with Gasteiger partial charge in [0.25, 0.3) is 0 Å². The van der Waals surface area contributed by atoms with Crippen molar-refractivity contribution in [3.05, 3.63) is 45.2 Å². The van der Waals surface area contributed by atoms with Gasteiger partial charge in [0, 0.05) is 10.0 Å². The standard InChI is InChI=1S/C21H30INO5/c1-20(2,3)27-18(24)17(23-19(25)28-21(4,5)6)16(22)12-13-26-14-15-10-8-7-9-11-15/h7-11H,12-14H2,1-6H3,(H,23,25)/b17-16-. The molecule has 0 aliphatic heterocycles. The van der Waals surface area contributed by atoms with Crippen LogP contribution in [0.4, 0.5) is 4.79 Å². The van der Waals surface area contributed by atoms with Gasteiger partial charge in [-0.3, -0.25) is 5.32 Å². The summed E-state index contributed by atoms with van der Waals surface area (Å²) in [6.45, 7) is 11.5. The first-order valence-corrected chi connectivity index (χ1v) is 10.2. The number of carbonyl (C=O) groups excluding carboxylic acids is 2. The van der Waals surface area contributed by atoms with Gasteiger partial charge in [0.05, 0.1) is 13.2 Å². The largest absolute Gasteiger partial charge is 0.455 e. The van der Waals surface area contributed by atoms with Gasteiger partial charge in [-0.15, -0.1) is 0 Å². The third-order valence-electron chi connectivity index (χ3n) is 3.08. The third kappa shape index (κ3) is 10.7. The maximum Gasteiger partial charge on any atom is 0.412 e. The minimum atomic E-state index is -0.701. The summed E-state index contributed by atoms with van der Waals surface area (Å²) in [5, 5.41) is 2.54. The number of amides is 1. The van der Waals surface area contributed by atoms with Crippen LogP contribution in [0.25, 0.3) is 0 Å². The summed E-state index contributed by atoms with van der Waals surface area (Å²) in [6.07, 6.45) is -0.245. The summed E-state index contributed by atoms with van der Waals surface area (Å²) in [5.74, 6) is -0.606. The number of ether oxygens (including phenoxy) is 3. The highest BCUT2D eigenvalue weighted by Crippen LogP contribution is 2.20. The van der Waals surface area contributed by atoms with E-state index < -0.39 is 23.3 Å². The zero-order valence-corrected chi connectivity index (χ0v) is 19.6. The second-order valence-corrected chi connectivity index (χ2v) is 9.50. The van der Waals surface area contributed by atoms with Crippen molar-refractivity contribution in [2.75, 3.05) is 6.61 Å². The lowest BCUT2D eigenvalue weighted by Gasteiger charge is -2.23. The zero-order chi connectivity index (χ0) is 21.4. The Labute approximate surface area is 181 Å². The summed E-state index contributed by atoms with van der Waals surface area (Å²) in [6, 6.07) is 9.82. The molecule has 1 aromatic carbocycles. The SMILES string of the molecule is CC(C)(C)OC(=O)N/C(C(=O)OC(C)(C)C)=C(\I)CCOCc1ccccc1. The van der Waals surface area contributed by atoms with E-state index in [-0.39, 0.29) is 5.70 Å². The van der Waals surface area contributed by atoms with E-state index in [1.54, 1.807) is 41.5 Å². The van der Waals surface area contributed by atoms with E-state index in [9.17, 15) is 9.59 Å². The number of alkyl carbamates (subject to hydrolysis) is 1. The van der Waals surface area contributed by atoms with Crippen LogP contribution >= 0.6 is 22.6 Å². The summed E-state index contributed by atoms with van der Waals surface area (Å²) in [4.78, 5) is 24.7. The number of carbonyl (C=O) groups is 2. The van der Waals surface area contributed by atoms with E-state index >= 15 is 0 Å². The lowest BCUT2D eigenvalue weighted by atomic mass is 10.2. The summed E-state index contributed by atoms with van der Waals surface area (Å²) >= 11 is 2.02. The number of benzene rings is 1. The second-order valence-electron chi connectivity index (χ2n) is 8.20. The van der Waals surface area contributed by atoms with Crippen LogP contribution in [0.2, 0.25) is 0 Å². The quantitative estimate of drug-likeness (QED) is 0.243. The number of esters is 1. The molecule has 28 heavy (non-hydrogen) atoms. The molecule has 1 N–H and O–H groups in total. The van der Waals surface area contributed by atoms with Crippen LogP contribution in [-0.4, -0.2) is 29.9 Å². The van der Waals surface area contributed by atoms with Gasteiger partial charge in [-0.2, -0.15) is 0 Å². The minimum Gasteiger partial charge on any atom is -0.455 e. The van der Waals surface area contributed by atoms with Gasteiger partial charge in [-0.05, 0) is 69.7 Å². The van der Waals surface area contributed by atoms with Gasteiger partial charge in [0.2, 0.25) is 0 Å². The summed E-state index contributed by atoms with van der Waals surface area (Å²) < 4.78 is 17.0. The maximum absolute atomic E-state index is 12.6. The molecule has 0 radical (unpaired) electrons. The lowest BCUT2D eigenvalue weighted by Crippen LogP contribution is -2.37. The van der Waals surface area contributed by atoms with Gasteiger partial charge in [0.15, 0.2) is 0 Å². The van der Waals surface area contributed by atoms with E-state index in [2.05, 4.69) is 5.32 Å². The van der Waals surface area contributed by atoms with Gasteiger partial charge in [0.1, 0.15) is 16.9 Å². The van der Waals surface area contributed by atoms with Crippen molar-refractivity contribution >= 4 is 34.7 Å².